The average Bonchev–Trinajstić information content (AvgIpc) is 3.19. The Morgan fingerprint density at radius 1 is 0.829 bits per heavy atom. The van der Waals surface area contributed by atoms with Crippen molar-refractivity contribution in [3.05, 3.63) is 124 Å². The molecule has 212 valence electrons. The fraction of sp³-hybridized carbons (Fsp3) is 0.405. The molecule has 0 saturated carbocycles. The smallest absolute Gasteiger partial charge is 0.322 e. The van der Waals surface area contributed by atoms with E-state index in [1.807, 2.05) is 0 Å². The molecular weight excluding hydrogens is 521 g/mol. The first-order valence-corrected chi connectivity index (χ1v) is 16.8. The van der Waals surface area contributed by atoms with Gasteiger partial charge in [-0.25, -0.2) is 4.67 Å². The van der Waals surface area contributed by atoms with Crippen molar-refractivity contribution in [2.75, 3.05) is 0 Å². The van der Waals surface area contributed by atoms with Crippen LogP contribution in [0.1, 0.15) is 104 Å². The summed E-state index contributed by atoms with van der Waals surface area (Å²) >= 11 is 0. The third-order valence-electron chi connectivity index (χ3n) is 9.86. The number of nitrogens with zero attached hydrogens (tertiary/aromatic N) is 1. The van der Waals surface area contributed by atoms with Crippen LogP contribution in [0, 0.1) is 0 Å². The Morgan fingerprint density at radius 2 is 1.66 bits per heavy atom. The molecule has 0 amide bonds. The molecule has 0 spiro atoms. The summed E-state index contributed by atoms with van der Waals surface area (Å²) < 4.78 is 17.1. The molecule has 4 aliphatic rings. The van der Waals surface area contributed by atoms with Gasteiger partial charge in [-0.2, -0.15) is 0 Å². The molecule has 6 atom stereocenters. The lowest BCUT2D eigenvalue weighted by atomic mass is 9.71. The molecule has 3 aromatic carbocycles. The molecular formula is C37H42NO2P. The van der Waals surface area contributed by atoms with Crippen molar-refractivity contribution >= 4 is 8.53 Å². The zero-order valence-electron chi connectivity index (χ0n) is 24.6. The molecule has 3 aromatic rings. The maximum Gasteiger partial charge on any atom is 0.322 e. The Morgan fingerprint density at radius 3 is 2.49 bits per heavy atom. The molecule has 41 heavy (non-hydrogen) atoms. The minimum absolute atomic E-state index is 0.0893. The lowest BCUT2D eigenvalue weighted by molar-refractivity contribution is 0.143. The predicted molar refractivity (Wildman–Crippen MR) is 169 cm³/mol. The highest BCUT2D eigenvalue weighted by molar-refractivity contribution is 7.45. The molecule has 6 unspecified atom stereocenters. The van der Waals surface area contributed by atoms with Gasteiger partial charge in [-0.1, -0.05) is 85.8 Å². The highest BCUT2D eigenvalue weighted by atomic mass is 31.2. The molecule has 1 aliphatic heterocycles. The summed E-state index contributed by atoms with van der Waals surface area (Å²) in [5, 5.41) is 0. The van der Waals surface area contributed by atoms with Gasteiger partial charge in [-0.05, 0) is 104 Å². The second-order valence-corrected chi connectivity index (χ2v) is 13.7. The monoisotopic (exact) mass is 563 g/mol. The van der Waals surface area contributed by atoms with Gasteiger partial charge in [0.05, 0.1) is 6.10 Å². The maximum atomic E-state index is 7.31. The summed E-state index contributed by atoms with van der Waals surface area (Å²) in [4.78, 5) is 0. The lowest BCUT2D eigenvalue weighted by Gasteiger charge is -2.40. The van der Waals surface area contributed by atoms with Crippen molar-refractivity contribution < 1.29 is 9.05 Å². The van der Waals surface area contributed by atoms with Crippen LogP contribution in [0.5, 0.6) is 5.75 Å². The molecule has 7 rings (SSSR count). The van der Waals surface area contributed by atoms with E-state index < -0.39 is 8.53 Å². The van der Waals surface area contributed by atoms with Crippen molar-refractivity contribution in [2.24, 2.45) is 0 Å². The van der Waals surface area contributed by atoms with Crippen LogP contribution in [-0.4, -0.2) is 16.8 Å². The van der Waals surface area contributed by atoms with Crippen LogP contribution in [0.25, 0.3) is 0 Å². The number of hydrogen-bond donors (Lipinski definition) is 0. The van der Waals surface area contributed by atoms with Crippen LogP contribution in [0.2, 0.25) is 0 Å². The van der Waals surface area contributed by atoms with E-state index >= 15 is 0 Å². The summed E-state index contributed by atoms with van der Waals surface area (Å²) in [5.74, 6) is 1.78. The minimum atomic E-state index is -1.38. The first kappa shape index (κ1) is 27.1. The SMILES string of the molecule is CC1CCCc2ccc3c(c21)C1c2ccccc2CCC1OP(N(C(C)C1=CCCC=C1)C(C)c1ccccc1)O3. The van der Waals surface area contributed by atoms with E-state index in [1.54, 1.807) is 0 Å². The average molecular weight is 564 g/mol. The normalized spacial score (nSPS) is 26.4. The summed E-state index contributed by atoms with van der Waals surface area (Å²) in [5.41, 5.74) is 10.0. The lowest BCUT2D eigenvalue weighted by Crippen LogP contribution is -2.36. The molecule has 1 heterocycles. The number of fused-ring (bicyclic) bond motifs is 7. The maximum absolute atomic E-state index is 7.31. The summed E-state index contributed by atoms with van der Waals surface area (Å²) in [6, 6.07) is 24.9. The molecule has 4 heteroatoms. The van der Waals surface area contributed by atoms with Gasteiger partial charge < -0.3 is 9.05 Å². The van der Waals surface area contributed by atoms with Gasteiger partial charge in [0.25, 0.3) is 0 Å². The van der Waals surface area contributed by atoms with Gasteiger partial charge in [-0.15, -0.1) is 0 Å². The van der Waals surface area contributed by atoms with Gasteiger partial charge in [-0.3, -0.25) is 0 Å². The summed E-state index contributed by atoms with van der Waals surface area (Å²) in [6.45, 7) is 7.08. The van der Waals surface area contributed by atoms with E-state index in [0.29, 0.717) is 5.92 Å². The largest absolute Gasteiger partial charge is 0.435 e. The summed E-state index contributed by atoms with van der Waals surface area (Å²) in [7, 11) is -1.38. The Labute approximate surface area is 247 Å². The van der Waals surface area contributed by atoms with Crippen molar-refractivity contribution in [2.45, 2.75) is 95.7 Å². The molecule has 3 aliphatic carbocycles. The molecule has 0 aromatic heterocycles. The Bertz CT molecular complexity index is 1460. The van der Waals surface area contributed by atoms with Crippen LogP contribution < -0.4 is 4.52 Å². The Balaban J connectivity index is 1.38. The Hall–Kier alpha value is -2.71. The van der Waals surface area contributed by atoms with Crippen molar-refractivity contribution in [3.63, 3.8) is 0 Å². The molecule has 0 bridgehead atoms. The molecule has 0 saturated heterocycles. The summed E-state index contributed by atoms with van der Waals surface area (Å²) in [6.07, 6.45) is 15.1. The van der Waals surface area contributed by atoms with E-state index in [2.05, 4.69) is 110 Å². The van der Waals surface area contributed by atoms with Crippen LogP contribution in [0.15, 0.2) is 90.5 Å². The highest BCUT2D eigenvalue weighted by Crippen LogP contribution is 2.60. The number of rotatable bonds is 5. The van der Waals surface area contributed by atoms with Crippen LogP contribution in [-0.2, 0) is 17.4 Å². The van der Waals surface area contributed by atoms with E-state index in [4.69, 9.17) is 9.05 Å². The highest BCUT2D eigenvalue weighted by Gasteiger charge is 2.45. The zero-order valence-corrected chi connectivity index (χ0v) is 25.5. The fourth-order valence-corrected chi connectivity index (χ4v) is 9.58. The van der Waals surface area contributed by atoms with Gasteiger partial charge in [0.1, 0.15) is 5.75 Å². The van der Waals surface area contributed by atoms with Gasteiger partial charge in [0.15, 0.2) is 0 Å². The van der Waals surface area contributed by atoms with E-state index in [9.17, 15) is 0 Å². The van der Waals surface area contributed by atoms with Crippen molar-refractivity contribution in [3.8, 4) is 5.75 Å². The van der Waals surface area contributed by atoms with E-state index in [0.717, 1.165) is 37.9 Å². The first-order chi connectivity index (χ1) is 20.1. The van der Waals surface area contributed by atoms with Crippen LogP contribution >= 0.6 is 8.53 Å². The van der Waals surface area contributed by atoms with Crippen LogP contribution in [0.4, 0.5) is 0 Å². The van der Waals surface area contributed by atoms with E-state index in [-0.39, 0.29) is 24.1 Å². The van der Waals surface area contributed by atoms with Crippen molar-refractivity contribution in [1.29, 1.82) is 0 Å². The third kappa shape index (κ3) is 5.01. The quantitative estimate of drug-likeness (QED) is 0.288. The second kappa shape index (κ2) is 11.5. The molecule has 0 radical (unpaired) electrons. The van der Waals surface area contributed by atoms with Crippen molar-refractivity contribution in [1.82, 2.24) is 4.67 Å². The standard InChI is InChI=1S/C37H42NO2P/c1-25-13-12-19-31-22-24-34-37(35(25)31)36-32-20-11-10-18-30(32)21-23-33(36)39-41(40-34)38(26(2)28-14-6-4-7-15-28)27(3)29-16-8-5-9-17-29/h4,6-8,10-11,14-18,20,22,24-27,33,36H,5,9,12-13,19,21,23H2,1-3H3. The predicted octanol–water partition coefficient (Wildman–Crippen LogP) is 9.94. The zero-order chi connectivity index (χ0) is 27.9. The van der Waals surface area contributed by atoms with Crippen LogP contribution in [0.3, 0.4) is 0 Å². The fourth-order valence-electron chi connectivity index (χ4n) is 7.71. The number of benzene rings is 3. The second-order valence-electron chi connectivity index (χ2n) is 12.4. The number of aryl methyl sites for hydroxylation is 2. The number of hydrogen-bond acceptors (Lipinski definition) is 3. The number of allylic oxidation sites excluding steroid dienone is 2. The van der Waals surface area contributed by atoms with E-state index in [1.165, 1.54) is 51.8 Å². The first-order valence-electron chi connectivity index (χ1n) is 15.7. The topological polar surface area (TPSA) is 21.7 Å². The molecule has 0 N–H and O–H groups in total. The van der Waals surface area contributed by atoms with Gasteiger partial charge in [0.2, 0.25) is 0 Å². The van der Waals surface area contributed by atoms with Gasteiger partial charge >= 0.3 is 8.53 Å². The minimum Gasteiger partial charge on any atom is -0.435 e. The van der Waals surface area contributed by atoms with Gasteiger partial charge in [0, 0.05) is 23.6 Å². The molecule has 0 fully saturated rings. The third-order valence-corrected chi connectivity index (χ3v) is 11.7. The molecule has 3 nitrogen and oxygen atoms in total. The Kier molecular flexibility index (Phi) is 7.63.